The number of rotatable bonds is 4. The number of amides is 1. The van der Waals surface area contributed by atoms with Crippen molar-refractivity contribution in [1.82, 2.24) is 0 Å². The van der Waals surface area contributed by atoms with E-state index in [0.717, 1.165) is 6.42 Å². The number of benzene rings is 2. The van der Waals surface area contributed by atoms with Gasteiger partial charge in [-0.2, -0.15) is 0 Å². The van der Waals surface area contributed by atoms with E-state index in [1.807, 2.05) is 20.8 Å². The average Bonchev–Trinajstić information content (AvgIpc) is 2.87. The quantitative estimate of drug-likeness (QED) is 0.733. The lowest BCUT2D eigenvalue weighted by atomic mass is 10.1. The van der Waals surface area contributed by atoms with Crippen molar-refractivity contribution < 1.29 is 23.8 Å². The second kappa shape index (κ2) is 8.74. The van der Waals surface area contributed by atoms with Gasteiger partial charge in [0.25, 0.3) is 5.91 Å². The maximum Gasteiger partial charge on any atom is 0.310 e. The van der Waals surface area contributed by atoms with Gasteiger partial charge >= 0.3 is 5.97 Å². The van der Waals surface area contributed by atoms with Gasteiger partial charge < -0.3 is 19.5 Å². The van der Waals surface area contributed by atoms with E-state index in [2.05, 4.69) is 5.32 Å². The minimum absolute atomic E-state index is 0.0512. The number of anilines is 1. The van der Waals surface area contributed by atoms with Crippen LogP contribution in [0.15, 0.2) is 36.4 Å². The van der Waals surface area contributed by atoms with Crippen LogP contribution in [0.25, 0.3) is 0 Å². The van der Waals surface area contributed by atoms with Crippen LogP contribution in [-0.4, -0.2) is 30.7 Å². The summed E-state index contributed by atoms with van der Waals surface area (Å²) in [6.45, 7) is 6.44. The van der Waals surface area contributed by atoms with Gasteiger partial charge in [-0.25, -0.2) is 0 Å². The van der Waals surface area contributed by atoms with Crippen LogP contribution in [0, 0.1) is 0 Å². The van der Waals surface area contributed by atoms with E-state index in [-0.39, 0.29) is 18.3 Å². The number of para-hydroxylation sites is 1. The van der Waals surface area contributed by atoms with Gasteiger partial charge in [0.1, 0.15) is 5.60 Å². The highest BCUT2D eigenvalue weighted by Gasteiger charge is 2.21. The minimum atomic E-state index is -0.573. The fourth-order valence-electron chi connectivity index (χ4n) is 2.89. The average molecular weight is 418 g/mol. The summed E-state index contributed by atoms with van der Waals surface area (Å²) in [6, 6.07) is 10.3. The molecule has 1 aliphatic rings. The lowest BCUT2D eigenvalue weighted by Crippen LogP contribution is -2.25. The summed E-state index contributed by atoms with van der Waals surface area (Å²) in [6.07, 6.45) is 0.792. The van der Waals surface area contributed by atoms with Gasteiger partial charge in [0.15, 0.2) is 11.5 Å². The number of esters is 1. The molecule has 154 valence electrons. The first-order chi connectivity index (χ1) is 13.7. The van der Waals surface area contributed by atoms with Crippen LogP contribution < -0.4 is 14.8 Å². The van der Waals surface area contributed by atoms with Crippen LogP contribution in [0.4, 0.5) is 5.69 Å². The summed E-state index contributed by atoms with van der Waals surface area (Å²) in [7, 11) is 0. The molecule has 0 fully saturated rings. The van der Waals surface area contributed by atoms with Crippen LogP contribution in [0.5, 0.6) is 11.5 Å². The lowest BCUT2D eigenvalue weighted by Gasteiger charge is -2.20. The highest BCUT2D eigenvalue weighted by molar-refractivity contribution is 6.32. The lowest BCUT2D eigenvalue weighted by molar-refractivity contribution is -0.153. The molecule has 0 saturated heterocycles. The second-order valence-electron chi connectivity index (χ2n) is 7.71. The number of fused-ring (bicyclic) bond motifs is 1. The molecular weight excluding hydrogens is 394 g/mol. The Hall–Kier alpha value is -2.73. The standard InChI is InChI=1S/C22H24ClNO5/c1-22(2,3)29-19(25)13-14-7-4-5-8-17(14)24-21(26)15-11-16(23)20-18(12-15)27-9-6-10-28-20/h4-5,7-8,11-12H,6,9-10,13H2,1-3H3,(H,24,26). The zero-order valence-corrected chi connectivity index (χ0v) is 17.5. The summed E-state index contributed by atoms with van der Waals surface area (Å²) >= 11 is 6.28. The Balaban J connectivity index is 1.79. The van der Waals surface area contributed by atoms with Crippen molar-refractivity contribution >= 4 is 29.2 Å². The van der Waals surface area contributed by atoms with E-state index in [4.69, 9.17) is 25.8 Å². The number of halogens is 1. The summed E-state index contributed by atoms with van der Waals surface area (Å²) in [5, 5.41) is 3.16. The van der Waals surface area contributed by atoms with Crippen molar-refractivity contribution in [2.24, 2.45) is 0 Å². The van der Waals surface area contributed by atoms with Gasteiger partial charge in [0.2, 0.25) is 0 Å². The van der Waals surface area contributed by atoms with Crippen molar-refractivity contribution in [1.29, 1.82) is 0 Å². The maximum atomic E-state index is 12.8. The van der Waals surface area contributed by atoms with Crippen LogP contribution in [0.2, 0.25) is 5.02 Å². The highest BCUT2D eigenvalue weighted by atomic mass is 35.5. The first kappa shape index (κ1) is 21.0. The normalized spacial score (nSPS) is 13.4. The Labute approximate surface area is 175 Å². The maximum absolute atomic E-state index is 12.8. The summed E-state index contributed by atoms with van der Waals surface area (Å²) in [4.78, 5) is 25.0. The van der Waals surface area contributed by atoms with Gasteiger partial charge in [-0.3, -0.25) is 9.59 Å². The molecule has 29 heavy (non-hydrogen) atoms. The number of hydrogen-bond donors (Lipinski definition) is 1. The van der Waals surface area contributed by atoms with E-state index in [0.29, 0.717) is 46.5 Å². The first-order valence-electron chi connectivity index (χ1n) is 9.43. The topological polar surface area (TPSA) is 73.9 Å². The zero-order valence-electron chi connectivity index (χ0n) is 16.7. The Morgan fingerprint density at radius 2 is 1.86 bits per heavy atom. The van der Waals surface area contributed by atoms with Gasteiger partial charge in [-0.05, 0) is 44.5 Å². The van der Waals surface area contributed by atoms with Crippen molar-refractivity contribution in [2.45, 2.75) is 39.2 Å². The van der Waals surface area contributed by atoms with E-state index < -0.39 is 5.60 Å². The smallest absolute Gasteiger partial charge is 0.310 e. The van der Waals surface area contributed by atoms with E-state index in [9.17, 15) is 9.59 Å². The number of nitrogens with one attached hydrogen (secondary N) is 1. The molecule has 0 aliphatic carbocycles. The van der Waals surface area contributed by atoms with Gasteiger partial charge in [0, 0.05) is 17.7 Å². The fraction of sp³-hybridized carbons (Fsp3) is 0.364. The molecule has 1 N–H and O–H groups in total. The molecule has 0 aromatic heterocycles. The van der Waals surface area contributed by atoms with E-state index in [1.165, 1.54) is 0 Å². The molecule has 1 aliphatic heterocycles. The van der Waals surface area contributed by atoms with Crippen LogP contribution in [0.1, 0.15) is 43.1 Å². The van der Waals surface area contributed by atoms with Crippen molar-refractivity contribution in [2.75, 3.05) is 18.5 Å². The third-order valence-corrected chi connectivity index (χ3v) is 4.37. The second-order valence-corrected chi connectivity index (χ2v) is 8.12. The molecule has 1 heterocycles. The predicted octanol–water partition coefficient (Wildman–Crippen LogP) is 4.64. The molecule has 0 radical (unpaired) electrons. The monoisotopic (exact) mass is 417 g/mol. The SMILES string of the molecule is CC(C)(C)OC(=O)Cc1ccccc1NC(=O)c1cc(Cl)c2c(c1)OCCCO2. The largest absolute Gasteiger partial charge is 0.489 e. The number of carbonyl (C=O) groups excluding carboxylic acids is 2. The van der Waals surface area contributed by atoms with E-state index in [1.54, 1.807) is 36.4 Å². The molecule has 2 aromatic rings. The Morgan fingerprint density at radius 3 is 2.62 bits per heavy atom. The molecule has 1 amide bonds. The molecule has 0 atom stereocenters. The van der Waals surface area contributed by atoms with Crippen molar-refractivity contribution in [3.05, 3.63) is 52.5 Å². The third kappa shape index (κ3) is 5.64. The van der Waals surface area contributed by atoms with Gasteiger partial charge in [0.05, 0.1) is 24.7 Å². The molecule has 0 bridgehead atoms. The van der Waals surface area contributed by atoms with Crippen molar-refractivity contribution in [3.63, 3.8) is 0 Å². The van der Waals surface area contributed by atoms with Gasteiger partial charge in [-0.1, -0.05) is 29.8 Å². The van der Waals surface area contributed by atoms with Crippen molar-refractivity contribution in [3.8, 4) is 11.5 Å². The molecule has 0 spiro atoms. The van der Waals surface area contributed by atoms with E-state index >= 15 is 0 Å². The molecule has 7 heteroatoms. The summed E-state index contributed by atoms with van der Waals surface area (Å²) in [5.74, 6) is 0.172. The molecule has 3 rings (SSSR count). The molecule has 0 saturated carbocycles. The molecular formula is C22H24ClNO5. The summed E-state index contributed by atoms with van der Waals surface area (Å²) in [5.41, 5.74) is 0.962. The molecule has 6 nitrogen and oxygen atoms in total. The van der Waals surface area contributed by atoms with Crippen LogP contribution >= 0.6 is 11.6 Å². The Kier molecular flexibility index (Phi) is 6.33. The third-order valence-electron chi connectivity index (χ3n) is 4.08. The first-order valence-corrected chi connectivity index (χ1v) is 9.81. The Morgan fingerprint density at radius 1 is 1.14 bits per heavy atom. The predicted molar refractivity (Wildman–Crippen MR) is 111 cm³/mol. The number of carbonyl (C=O) groups is 2. The van der Waals surface area contributed by atoms with Crippen LogP contribution in [-0.2, 0) is 16.0 Å². The van der Waals surface area contributed by atoms with Gasteiger partial charge in [-0.15, -0.1) is 0 Å². The zero-order chi connectivity index (χ0) is 21.0. The highest BCUT2D eigenvalue weighted by Crippen LogP contribution is 2.38. The summed E-state index contributed by atoms with van der Waals surface area (Å²) < 4.78 is 16.6. The Bertz CT molecular complexity index is 920. The van der Waals surface area contributed by atoms with Crippen LogP contribution in [0.3, 0.4) is 0 Å². The fourth-order valence-corrected chi connectivity index (χ4v) is 3.15. The molecule has 2 aromatic carbocycles. The minimum Gasteiger partial charge on any atom is -0.489 e. The number of hydrogen-bond acceptors (Lipinski definition) is 5. The number of ether oxygens (including phenoxy) is 3. The molecule has 0 unspecified atom stereocenters.